The van der Waals surface area contributed by atoms with Crippen LogP contribution in [0, 0.1) is 0 Å². The van der Waals surface area contributed by atoms with E-state index in [0.717, 1.165) is 10.9 Å². The van der Waals surface area contributed by atoms with Gasteiger partial charge in [0.1, 0.15) is 4.90 Å². The van der Waals surface area contributed by atoms with Crippen LogP contribution in [0.15, 0.2) is 58.5 Å². The molecule has 0 aliphatic carbocycles. The molecule has 1 unspecified atom stereocenters. The highest BCUT2D eigenvalue weighted by Gasteiger charge is 2.30. The summed E-state index contributed by atoms with van der Waals surface area (Å²) >= 11 is 0. The normalized spacial score (nSPS) is 12.4. The second-order valence-corrected chi connectivity index (χ2v) is 10.4. The summed E-state index contributed by atoms with van der Waals surface area (Å²) in [6.07, 6.45) is 2.90. The average molecular weight is 501 g/mol. The van der Waals surface area contributed by atoms with E-state index >= 15 is 0 Å². The molecule has 3 N–H and O–H groups in total. The molecule has 0 saturated heterocycles. The summed E-state index contributed by atoms with van der Waals surface area (Å²) in [6, 6.07) is 12.7. The second-order valence-electron chi connectivity index (χ2n) is 7.25. The monoisotopic (exact) mass is 500 g/mol. The van der Waals surface area contributed by atoms with Crippen LogP contribution in [-0.2, 0) is 20.8 Å². The lowest BCUT2D eigenvalue weighted by Crippen LogP contribution is -2.21. The zero-order valence-corrected chi connectivity index (χ0v) is 21.2. The molecule has 2 aromatic heterocycles. The number of tetrazole rings is 1. The predicted octanol–water partition coefficient (Wildman–Crippen LogP) is 4.05. The quantitative estimate of drug-likeness (QED) is 0.389. The number of primary sulfonamides is 1. The van der Waals surface area contributed by atoms with Crippen LogP contribution in [0.25, 0.3) is 33.4 Å². The Morgan fingerprint density at radius 1 is 1.09 bits per heavy atom. The first kappa shape index (κ1) is 25.6. The number of para-hydroxylation sites is 1. The first-order valence-electron chi connectivity index (χ1n) is 11.0. The number of aromatic nitrogens is 5. The summed E-state index contributed by atoms with van der Waals surface area (Å²) in [5.41, 5.74) is 2.10. The van der Waals surface area contributed by atoms with Gasteiger partial charge < -0.3 is 0 Å². The number of sulfonamides is 1. The highest BCUT2D eigenvalue weighted by atomic mass is 32.2. The van der Waals surface area contributed by atoms with Gasteiger partial charge in [0.05, 0.1) is 26.8 Å². The molecule has 0 saturated carbocycles. The van der Waals surface area contributed by atoms with E-state index in [4.69, 9.17) is 5.14 Å². The Kier molecular flexibility index (Phi) is 8.24. The average Bonchev–Trinajstić information content (AvgIpc) is 3.39. The molecule has 4 rings (SSSR count). The van der Waals surface area contributed by atoms with E-state index in [9.17, 15) is 12.6 Å². The SMILES string of the molecule is CC.CCC(CC)S(=O)c1ccc(-c2cnc3ccccc3c2)c(-c2nn[nH]n2)c1S(N)(=O)=O. The molecule has 0 aliphatic rings. The lowest BCUT2D eigenvalue weighted by atomic mass is 9.99. The number of nitrogens with two attached hydrogens (primary N) is 1. The van der Waals surface area contributed by atoms with Crippen molar-refractivity contribution < 1.29 is 12.6 Å². The Labute approximate surface area is 201 Å². The summed E-state index contributed by atoms with van der Waals surface area (Å²) in [4.78, 5) is 4.36. The number of nitrogens with zero attached hydrogens (tertiary/aromatic N) is 4. The Balaban J connectivity index is 0.00000158. The maximum atomic E-state index is 13.3. The van der Waals surface area contributed by atoms with Gasteiger partial charge in [-0.25, -0.2) is 13.6 Å². The van der Waals surface area contributed by atoms with E-state index < -0.39 is 20.8 Å². The van der Waals surface area contributed by atoms with Gasteiger partial charge in [0.2, 0.25) is 15.8 Å². The Bertz CT molecular complexity index is 1400. The van der Waals surface area contributed by atoms with Crippen molar-refractivity contribution in [3.05, 3.63) is 48.7 Å². The van der Waals surface area contributed by atoms with Crippen molar-refractivity contribution in [1.82, 2.24) is 25.6 Å². The third kappa shape index (κ3) is 5.06. The van der Waals surface area contributed by atoms with Crippen LogP contribution in [0.4, 0.5) is 0 Å². The van der Waals surface area contributed by atoms with E-state index in [2.05, 4.69) is 25.6 Å². The van der Waals surface area contributed by atoms with Crippen molar-refractivity contribution in [2.45, 2.75) is 55.6 Å². The number of hydrogen-bond acceptors (Lipinski definition) is 7. The van der Waals surface area contributed by atoms with Crippen molar-refractivity contribution in [2.24, 2.45) is 5.14 Å². The van der Waals surface area contributed by atoms with Gasteiger partial charge in [-0.3, -0.25) is 9.19 Å². The van der Waals surface area contributed by atoms with Gasteiger partial charge in [0.25, 0.3) is 0 Å². The topological polar surface area (TPSA) is 145 Å². The molecule has 9 nitrogen and oxygen atoms in total. The van der Waals surface area contributed by atoms with Crippen molar-refractivity contribution in [1.29, 1.82) is 0 Å². The van der Waals surface area contributed by atoms with Gasteiger partial charge in [-0.05, 0) is 41.8 Å². The highest BCUT2D eigenvalue weighted by molar-refractivity contribution is 7.91. The van der Waals surface area contributed by atoms with Crippen molar-refractivity contribution in [3.63, 3.8) is 0 Å². The number of pyridine rings is 1. The fourth-order valence-corrected chi connectivity index (χ4v) is 6.60. The Hall–Kier alpha value is -3.02. The number of fused-ring (bicyclic) bond motifs is 1. The number of rotatable bonds is 7. The van der Waals surface area contributed by atoms with Gasteiger partial charge in [-0.2, -0.15) is 5.21 Å². The molecule has 0 spiro atoms. The van der Waals surface area contributed by atoms with Gasteiger partial charge in [0, 0.05) is 22.4 Å². The number of benzene rings is 2. The summed E-state index contributed by atoms with van der Waals surface area (Å²) in [6.45, 7) is 7.83. The van der Waals surface area contributed by atoms with Crippen molar-refractivity contribution in [3.8, 4) is 22.5 Å². The molecule has 180 valence electrons. The molecule has 34 heavy (non-hydrogen) atoms. The van der Waals surface area contributed by atoms with Gasteiger partial charge >= 0.3 is 0 Å². The summed E-state index contributed by atoms with van der Waals surface area (Å²) in [5.74, 6) is 0.0422. The lowest BCUT2D eigenvalue weighted by molar-refractivity contribution is 0.594. The van der Waals surface area contributed by atoms with Crippen LogP contribution >= 0.6 is 0 Å². The lowest BCUT2D eigenvalue weighted by Gasteiger charge is -2.19. The summed E-state index contributed by atoms with van der Waals surface area (Å²) in [7, 11) is -5.89. The minimum atomic E-state index is -4.29. The maximum absolute atomic E-state index is 13.3. The van der Waals surface area contributed by atoms with E-state index in [1.54, 1.807) is 18.3 Å². The molecule has 4 aromatic rings. The molecule has 1 atom stereocenters. The van der Waals surface area contributed by atoms with E-state index in [-0.39, 0.29) is 26.4 Å². The van der Waals surface area contributed by atoms with Gasteiger partial charge in [-0.15, -0.1) is 10.2 Å². The molecule has 0 aliphatic heterocycles. The van der Waals surface area contributed by atoms with Gasteiger partial charge in [-0.1, -0.05) is 52.0 Å². The number of nitrogens with one attached hydrogen (secondary N) is 1. The van der Waals surface area contributed by atoms with E-state index in [1.165, 1.54) is 0 Å². The van der Waals surface area contributed by atoms with E-state index in [0.29, 0.717) is 24.0 Å². The van der Waals surface area contributed by atoms with Crippen molar-refractivity contribution >= 4 is 31.7 Å². The molecule has 2 aromatic carbocycles. The Morgan fingerprint density at radius 3 is 2.41 bits per heavy atom. The first-order chi connectivity index (χ1) is 16.3. The predicted molar refractivity (Wildman–Crippen MR) is 134 cm³/mol. The third-order valence-corrected chi connectivity index (χ3v) is 8.47. The second kappa shape index (κ2) is 10.9. The van der Waals surface area contributed by atoms with Crippen LogP contribution in [0.1, 0.15) is 40.5 Å². The first-order valence-corrected chi connectivity index (χ1v) is 13.8. The summed E-state index contributed by atoms with van der Waals surface area (Å²) in [5, 5.41) is 20.3. The molecule has 0 fully saturated rings. The number of H-pyrrole nitrogens is 1. The largest absolute Gasteiger partial charge is 0.256 e. The van der Waals surface area contributed by atoms with Gasteiger partial charge in [0.15, 0.2) is 0 Å². The van der Waals surface area contributed by atoms with Crippen LogP contribution in [-0.4, -0.2) is 43.5 Å². The molecule has 0 amide bonds. The highest BCUT2D eigenvalue weighted by Crippen LogP contribution is 2.39. The van der Waals surface area contributed by atoms with E-state index in [1.807, 2.05) is 58.0 Å². The zero-order chi connectivity index (χ0) is 24.9. The smallest absolute Gasteiger partial charge is 0.240 e. The molecular formula is C23H28N6O3S2. The summed E-state index contributed by atoms with van der Waals surface area (Å²) < 4.78 is 39.0. The molecular weight excluding hydrogens is 472 g/mol. The van der Waals surface area contributed by atoms with Crippen LogP contribution in [0.3, 0.4) is 0 Å². The zero-order valence-electron chi connectivity index (χ0n) is 19.5. The molecule has 2 heterocycles. The standard InChI is InChI=1S/C21H22N6O3S2.C2H6/c1-3-15(4-2)31(28)18-10-9-16(14-11-13-7-5-6-8-17(13)23-12-14)19(20(18)32(22,29)30)21-24-26-27-25-21;1-2/h5-12,15H,3-4H2,1-2H3,(H2,22,29,30)(H,24,25,26,27);1-2H3. The number of hydrogen-bond donors (Lipinski definition) is 2. The minimum Gasteiger partial charge on any atom is -0.256 e. The Morgan fingerprint density at radius 2 is 1.79 bits per heavy atom. The van der Waals surface area contributed by atoms with Crippen LogP contribution in [0.2, 0.25) is 0 Å². The molecule has 11 heteroatoms. The fourth-order valence-electron chi connectivity index (χ4n) is 3.72. The van der Waals surface area contributed by atoms with Crippen LogP contribution in [0.5, 0.6) is 0 Å². The molecule has 0 bridgehead atoms. The molecule has 0 radical (unpaired) electrons. The minimum absolute atomic E-state index is 0.0422. The fraction of sp³-hybridized carbons (Fsp3) is 0.304. The number of aromatic amines is 1. The third-order valence-electron chi connectivity index (χ3n) is 5.31. The maximum Gasteiger partial charge on any atom is 0.240 e. The van der Waals surface area contributed by atoms with Crippen LogP contribution < -0.4 is 5.14 Å². The van der Waals surface area contributed by atoms with Crippen molar-refractivity contribution in [2.75, 3.05) is 0 Å².